The van der Waals surface area contributed by atoms with Crippen LogP contribution in [0, 0.1) is 5.92 Å². The summed E-state index contributed by atoms with van der Waals surface area (Å²) in [7, 11) is 0. The summed E-state index contributed by atoms with van der Waals surface area (Å²) in [6.07, 6.45) is 5.67. The number of hydrogen-bond acceptors (Lipinski definition) is 2. The van der Waals surface area contributed by atoms with E-state index in [1.165, 1.54) is 6.42 Å². The van der Waals surface area contributed by atoms with Gasteiger partial charge in [-0.15, -0.1) is 0 Å². The molecular weight excluding hydrogens is 252 g/mol. The van der Waals surface area contributed by atoms with Gasteiger partial charge in [0.1, 0.15) is 6.04 Å². The van der Waals surface area contributed by atoms with Crippen molar-refractivity contribution in [1.29, 1.82) is 0 Å². The molecule has 0 saturated heterocycles. The average Bonchev–Trinajstić information content (AvgIpc) is 2.46. The molecule has 1 aromatic carbocycles. The van der Waals surface area contributed by atoms with E-state index in [1.807, 2.05) is 30.3 Å². The molecule has 1 aliphatic carbocycles. The van der Waals surface area contributed by atoms with Gasteiger partial charge in [0.05, 0.1) is 6.42 Å². The van der Waals surface area contributed by atoms with Gasteiger partial charge in [-0.3, -0.25) is 9.59 Å². The van der Waals surface area contributed by atoms with Crippen LogP contribution in [-0.4, -0.2) is 17.9 Å². The largest absolute Gasteiger partial charge is 0.368 e. The Morgan fingerprint density at radius 2 is 1.80 bits per heavy atom. The Labute approximate surface area is 119 Å². The molecule has 1 saturated carbocycles. The van der Waals surface area contributed by atoms with Crippen molar-refractivity contribution >= 4 is 11.8 Å². The zero-order valence-electron chi connectivity index (χ0n) is 11.7. The van der Waals surface area contributed by atoms with Crippen molar-refractivity contribution in [3.63, 3.8) is 0 Å². The summed E-state index contributed by atoms with van der Waals surface area (Å²) in [6, 6.07) is 8.99. The lowest BCUT2D eigenvalue weighted by molar-refractivity contribution is -0.128. The van der Waals surface area contributed by atoms with Crippen LogP contribution < -0.4 is 11.1 Å². The molecule has 1 aliphatic rings. The molecule has 0 aromatic heterocycles. The van der Waals surface area contributed by atoms with Crippen molar-refractivity contribution in [2.24, 2.45) is 11.7 Å². The zero-order valence-corrected chi connectivity index (χ0v) is 11.7. The molecule has 0 radical (unpaired) electrons. The minimum atomic E-state index is -0.522. The van der Waals surface area contributed by atoms with E-state index in [2.05, 4.69) is 5.32 Å². The summed E-state index contributed by atoms with van der Waals surface area (Å²) >= 11 is 0. The van der Waals surface area contributed by atoms with Crippen LogP contribution in [0.4, 0.5) is 0 Å². The van der Waals surface area contributed by atoms with Crippen molar-refractivity contribution < 1.29 is 9.59 Å². The van der Waals surface area contributed by atoms with Crippen LogP contribution in [0.15, 0.2) is 30.3 Å². The molecule has 1 fully saturated rings. The first-order valence-electron chi connectivity index (χ1n) is 7.29. The minimum Gasteiger partial charge on any atom is -0.368 e. The summed E-state index contributed by atoms with van der Waals surface area (Å²) in [5, 5.41) is 2.82. The van der Waals surface area contributed by atoms with Crippen LogP contribution in [0.2, 0.25) is 0 Å². The van der Waals surface area contributed by atoms with Gasteiger partial charge in [-0.2, -0.15) is 0 Å². The lowest BCUT2D eigenvalue weighted by Crippen LogP contribution is -2.50. The Bertz CT molecular complexity index is 453. The number of nitrogens with one attached hydrogen (secondary N) is 1. The SMILES string of the molecule is NC(=O)[C@H](NC(=O)Cc1ccccc1)C1CCCCC1. The van der Waals surface area contributed by atoms with Crippen molar-refractivity contribution in [3.8, 4) is 0 Å². The second-order valence-electron chi connectivity index (χ2n) is 5.51. The van der Waals surface area contributed by atoms with Crippen molar-refractivity contribution in [2.45, 2.75) is 44.6 Å². The Morgan fingerprint density at radius 3 is 2.40 bits per heavy atom. The molecule has 2 rings (SSSR count). The highest BCUT2D eigenvalue weighted by Gasteiger charge is 2.29. The smallest absolute Gasteiger partial charge is 0.240 e. The summed E-state index contributed by atoms with van der Waals surface area (Å²) in [6.45, 7) is 0. The molecule has 1 aromatic rings. The molecule has 20 heavy (non-hydrogen) atoms. The van der Waals surface area contributed by atoms with Crippen molar-refractivity contribution in [2.75, 3.05) is 0 Å². The summed E-state index contributed by atoms with van der Waals surface area (Å²) in [4.78, 5) is 23.6. The monoisotopic (exact) mass is 274 g/mol. The molecule has 2 amide bonds. The number of carbonyl (C=O) groups is 2. The first kappa shape index (κ1) is 14.6. The van der Waals surface area contributed by atoms with Crippen LogP contribution >= 0.6 is 0 Å². The summed E-state index contributed by atoms with van der Waals surface area (Å²) < 4.78 is 0. The molecule has 3 N–H and O–H groups in total. The van der Waals surface area contributed by atoms with E-state index in [-0.39, 0.29) is 18.2 Å². The second-order valence-corrected chi connectivity index (χ2v) is 5.51. The van der Waals surface area contributed by atoms with Gasteiger partial charge in [-0.25, -0.2) is 0 Å². The average molecular weight is 274 g/mol. The van der Waals surface area contributed by atoms with Crippen LogP contribution in [-0.2, 0) is 16.0 Å². The topological polar surface area (TPSA) is 72.2 Å². The number of primary amides is 1. The number of carbonyl (C=O) groups excluding carboxylic acids is 2. The Balaban J connectivity index is 1.93. The fraction of sp³-hybridized carbons (Fsp3) is 0.500. The molecule has 4 nitrogen and oxygen atoms in total. The van der Waals surface area contributed by atoms with Crippen LogP contribution in [0.1, 0.15) is 37.7 Å². The van der Waals surface area contributed by atoms with Gasteiger partial charge in [0.2, 0.25) is 11.8 Å². The quantitative estimate of drug-likeness (QED) is 0.859. The highest BCUT2D eigenvalue weighted by molar-refractivity contribution is 5.87. The van der Waals surface area contributed by atoms with E-state index in [4.69, 9.17) is 5.73 Å². The Hall–Kier alpha value is -1.84. The first-order valence-corrected chi connectivity index (χ1v) is 7.29. The predicted molar refractivity (Wildman–Crippen MR) is 77.8 cm³/mol. The molecule has 0 aliphatic heterocycles. The molecule has 0 bridgehead atoms. The Morgan fingerprint density at radius 1 is 1.15 bits per heavy atom. The fourth-order valence-corrected chi connectivity index (χ4v) is 2.89. The van der Waals surface area contributed by atoms with E-state index >= 15 is 0 Å². The number of rotatable bonds is 5. The van der Waals surface area contributed by atoms with E-state index in [0.717, 1.165) is 31.2 Å². The highest BCUT2D eigenvalue weighted by atomic mass is 16.2. The first-order chi connectivity index (χ1) is 9.66. The van der Waals surface area contributed by atoms with E-state index in [1.54, 1.807) is 0 Å². The van der Waals surface area contributed by atoms with Crippen LogP contribution in [0.3, 0.4) is 0 Å². The predicted octanol–water partition coefficient (Wildman–Crippen LogP) is 1.78. The number of benzene rings is 1. The van der Waals surface area contributed by atoms with Gasteiger partial charge in [0.25, 0.3) is 0 Å². The standard InChI is InChI=1S/C16H22N2O2/c17-16(20)15(13-9-5-2-6-10-13)18-14(19)11-12-7-3-1-4-8-12/h1,3-4,7-8,13,15H,2,5-6,9-11H2,(H2,17,20)(H,18,19)/t15-/m1/s1. The van der Waals surface area contributed by atoms with E-state index in [9.17, 15) is 9.59 Å². The molecule has 1 atom stereocenters. The molecule has 108 valence electrons. The third kappa shape index (κ3) is 4.08. The molecule has 0 unspecified atom stereocenters. The number of hydrogen-bond donors (Lipinski definition) is 2. The molecular formula is C16H22N2O2. The van der Waals surface area contributed by atoms with Gasteiger partial charge in [-0.1, -0.05) is 49.6 Å². The zero-order chi connectivity index (χ0) is 14.4. The van der Waals surface area contributed by atoms with Gasteiger partial charge >= 0.3 is 0 Å². The summed E-state index contributed by atoms with van der Waals surface area (Å²) in [5.74, 6) is -0.357. The lowest BCUT2D eigenvalue weighted by atomic mass is 9.83. The molecule has 0 spiro atoms. The minimum absolute atomic E-state index is 0.134. The third-order valence-corrected chi connectivity index (χ3v) is 3.95. The highest BCUT2D eigenvalue weighted by Crippen LogP contribution is 2.26. The molecule has 0 heterocycles. The fourth-order valence-electron chi connectivity index (χ4n) is 2.89. The van der Waals surface area contributed by atoms with Crippen LogP contribution in [0.5, 0.6) is 0 Å². The maximum atomic E-state index is 12.1. The van der Waals surface area contributed by atoms with E-state index in [0.29, 0.717) is 0 Å². The second kappa shape index (κ2) is 7.08. The summed E-state index contributed by atoms with van der Waals surface area (Å²) in [5.41, 5.74) is 6.40. The van der Waals surface area contributed by atoms with Gasteiger partial charge in [0, 0.05) is 0 Å². The Kier molecular flexibility index (Phi) is 5.16. The normalized spacial score (nSPS) is 17.4. The van der Waals surface area contributed by atoms with Crippen LogP contribution in [0.25, 0.3) is 0 Å². The van der Waals surface area contributed by atoms with Gasteiger partial charge in [-0.05, 0) is 24.3 Å². The number of nitrogens with two attached hydrogens (primary N) is 1. The van der Waals surface area contributed by atoms with Crippen molar-refractivity contribution in [1.82, 2.24) is 5.32 Å². The van der Waals surface area contributed by atoms with E-state index < -0.39 is 11.9 Å². The third-order valence-electron chi connectivity index (χ3n) is 3.95. The maximum Gasteiger partial charge on any atom is 0.240 e. The maximum absolute atomic E-state index is 12.1. The van der Waals surface area contributed by atoms with Gasteiger partial charge < -0.3 is 11.1 Å². The van der Waals surface area contributed by atoms with Crippen molar-refractivity contribution in [3.05, 3.63) is 35.9 Å². The van der Waals surface area contributed by atoms with Gasteiger partial charge in [0.15, 0.2) is 0 Å². The molecule has 4 heteroatoms. The number of amides is 2. The lowest BCUT2D eigenvalue weighted by Gasteiger charge is -2.28.